The van der Waals surface area contributed by atoms with Gasteiger partial charge < -0.3 is 4.74 Å². The molecule has 0 bridgehead atoms. The summed E-state index contributed by atoms with van der Waals surface area (Å²) < 4.78 is 7.54. The largest absolute Gasteiger partial charge is 0.370 e. The summed E-state index contributed by atoms with van der Waals surface area (Å²) in [5, 5.41) is 4.18. The zero-order valence-electron chi connectivity index (χ0n) is 12.0. The molecule has 4 heteroatoms. The van der Waals surface area contributed by atoms with Crippen LogP contribution >= 0.6 is 0 Å². The molecule has 1 aliphatic carbocycles. The second-order valence-corrected chi connectivity index (χ2v) is 5.17. The van der Waals surface area contributed by atoms with E-state index in [1.807, 2.05) is 13.8 Å². The summed E-state index contributed by atoms with van der Waals surface area (Å²) in [5.41, 5.74) is 0.687. The van der Waals surface area contributed by atoms with Gasteiger partial charge in [0.05, 0.1) is 0 Å². The van der Waals surface area contributed by atoms with Crippen molar-refractivity contribution in [3.63, 3.8) is 0 Å². The molecular weight excluding hydrogens is 240 g/mol. The topological polar surface area (TPSA) is 44.1 Å². The molecule has 0 N–H and O–H groups in total. The Kier molecular flexibility index (Phi) is 5.14. The van der Waals surface area contributed by atoms with Gasteiger partial charge >= 0.3 is 0 Å². The van der Waals surface area contributed by atoms with Gasteiger partial charge in [0.1, 0.15) is 11.8 Å². The van der Waals surface area contributed by atoms with E-state index in [0.29, 0.717) is 18.2 Å². The van der Waals surface area contributed by atoms with E-state index in [1.54, 1.807) is 16.9 Å². The summed E-state index contributed by atoms with van der Waals surface area (Å²) >= 11 is 0. The normalized spacial score (nSPS) is 18.4. The number of carbonyl (C=O) groups excluding carboxylic acids is 1. The van der Waals surface area contributed by atoms with Crippen LogP contribution in [0.25, 0.3) is 0 Å². The van der Waals surface area contributed by atoms with E-state index < -0.39 is 0 Å². The van der Waals surface area contributed by atoms with Gasteiger partial charge in [-0.1, -0.05) is 19.3 Å². The summed E-state index contributed by atoms with van der Waals surface area (Å²) in [6.45, 7) is 5.27. The number of ketones is 1. The number of carbonyl (C=O) groups is 1. The van der Waals surface area contributed by atoms with Crippen LogP contribution < -0.4 is 0 Å². The predicted molar refractivity (Wildman–Crippen MR) is 74.2 cm³/mol. The fraction of sp³-hybridized carbons (Fsp3) is 0.733. The SMILES string of the molecule is CCOC(C(=O)c1ccnn1CC)C1CCCCC1. The maximum absolute atomic E-state index is 12.7. The van der Waals surface area contributed by atoms with Crippen molar-refractivity contribution in [2.45, 2.75) is 58.6 Å². The summed E-state index contributed by atoms with van der Waals surface area (Å²) in [6.07, 6.45) is 7.35. The Morgan fingerprint density at radius 2 is 2.16 bits per heavy atom. The van der Waals surface area contributed by atoms with Gasteiger partial charge in [0, 0.05) is 19.3 Å². The van der Waals surface area contributed by atoms with Crippen LogP contribution in [-0.4, -0.2) is 28.3 Å². The molecule has 1 aromatic heterocycles. The van der Waals surface area contributed by atoms with Gasteiger partial charge in [0.2, 0.25) is 5.78 Å². The minimum absolute atomic E-state index is 0.105. The fourth-order valence-corrected chi connectivity index (χ4v) is 2.98. The van der Waals surface area contributed by atoms with Crippen molar-refractivity contribution >= 4 is 5.78 Å². The Morgan fingerprint density at radius 1 is 1.42 bits per heavy atom. The molecule has 1 aliphatic rings. The van der Waals surface area contributed by atoms with Gasteiger partial charge in [0.15, 0.2) is 0 Å². The number of ether oxygens (including phenoxy) is 1. The molecule has 2 rings (SSSR count). The molecule has 1 aromatic rings. The third kappa shape index (κ3) is 3.24. The molecule has 19 heavy (non-hydrogen) atoms. The van der Waals surface area contributed by atoms with Crippen LogP contribution in [0, 0.1) is 5.92 Å². The highest BCUT2D eigenvalue weighted by atomic mass is 16.5. The van der Waals surface area contributed by atoms with Gasteiger partial charge in [-0.05, 0) is 38.7 Å². The van der Waals surface area contributed by atoms with Crippen LogP contribution in [-0.2, 0) is 11.3 Å². The molecule has 0 aromatic carbocycles. The van der Waals surface area contributed by atoms with Gasteiger partial charge in [-0.3, -0.25) is 9.48 Å². The predicted octanol–water partition coefficient (Wildman–Crippen LogP) is 3.07. The quantitative estimate of drug-likeness (QED) is 0.742. The third-order valence-electron chi connectivity index (χ3n) is 3.95. The van der Waals surface area contributed by atoms with Crippen molar-refractivity contribution in [1.82, 2.24) is 9.78 Å². The Labute approximate surface area is 115 Å². The zero-order valence-corrected chi connectivity index (χ0v) is 12.0. The minimum Gasteiger partial charge on any atom is -0.370 e. The van der Waals surface area contributed by atoms with Crippen LogP contribution in [0.4, 0.5) is 0 Å². The van der Waals surface area contributed by atoms with Crippen molar-refractivity contribution in [1.29, 1.82) is 0 Å². The first kappa shape index (κ1) is 14.3. The van der Waals surface area contributed by atoms with E-state index in [9.17, 15) is 4.79 Å². The summed E-state index contributed by atoms with van der Waals surface area (Å²) in [5.74, 6) is 0.481. The van der Waals surface area contributed by atoms with Crippen LogP contribution in [0.15, 0.2) is 12.3 Å². The smallest absolute Gasteiger partial charge is 0.209 e. The van der Waals surface area contributed by atoms with Crippen LogP contribution in [0.2, 0.25) is 0 Å². The average molecular weight is 264 g/mol. The lowest BCUT2D eigenvalue weighted by Crippen LogP contribution is -2.35. The third-order valence-corrected chi connectivity index (χ3v) is 3.95. The molecule has 1 atom stereocenters. The van der Waals surface area contributed by atoms with Crippen molar-refractivity contribution in [3.8, 4) is 0 Å². The van der Waals surface area contributed by atoms with E-state index in [2.05, 4.69) is 5.10 Å². The average Bonchev–Trinajstić information content (AvgIpc) is 2.93. The monoisotopic (exact) mass is 264 g/mol. The molecule has 1 saturated carbocycles. The molecule has 1 heterocycles. The molecule has 0 amide bonds. The highest BCUT2D eigenvalue weighted by Crippen LogP contribution is 2.29. The lowest BCUT2D eigenvalue weighted by molar-refractivity contribution is 0.0119. The van der Waals surface area contributed by atoms with Crippen molar-refractivity contribution in [3.05, 3.63) is 18.0 Å². The summed E-state index contributed by atoms with van der Waals surface area (Å²) in [4.78, 5) is 12.7. The molecule has 4 nitrogen and oxygen atoms in total. The Hall–Kier alpha value is -1.16. The molecular formula is C15H24N2O2. The van der Waals surface area contributed by atoms with Crippen LogP contribution in [0.3, 0.4) is 0 Å². The first-order chi connectivity index (χ1) is 9.27. The molecule has 1 unspecified atom stereocenters. The Morgan fingerprint density at radius 3 is 2.79 bits per heavy atom. The van der Waals surface area contributed by atoms with E-state index in [1.165, 1.54) is 19.3 Å². The van der Waals surface area contributed by atoms with E-state index in [0.717, 1.165) is 19.4 Å². The number of aromatic nitrogens is 2. The first-order valence-electron chi connectivity index (χ1n) is 7.45. The molecule has 0 saturated heterocycles. The number of hydrogen-bond acceptors (Lipinski definition) is 3. The molecule has 0 spiro atoms. The second kappa shape index (κ2) is 6.85. The van der Waals surface area contributed by atoms with Crippen molar-refractivity contribution in [2.24, 2.45) is 5.92 Å². The van der Waals surface area contributed by atoms with Gasteiger partial charge in [-0.2, -0.15) is 5.10 Å². The fourth-order valence-electron chi connectivity index (χ4n) is 2.98. The lowest BCUT2D eigenvalue weighted by atomic mass is 9.83. The number of hydrogen-bond donors (Lipinski definition) is 0. The van der Waals surface area contributed by atoms with Gasteiger partial charge in [0.25, 0.3) is 0 Å². The Balaban J connectivity index is 2.15. The van der Waals surface area contributed by atoms with Gasteiger partial charge in [-0.15, -0.1) is 0 Å². The summed E-state index contributed by atoms with van der Waals surface area (Å²) in [7, 11) is 0. The number of aryl methyl sites for hydroxylation is 1. The number of Topliss-reactive ketones (excluding diaryl/α,β-unsaturated/α-hetero) is 1. The zero-order chi connectivity index (χ0) is 13.7. The minimum atomic E-state index is -0.285. The van der Waals surface area contributed by atoms with E-state index in [4.69, 9.17) is 4.74 Å². The lowest BCUT2D eigenvalue weighted by Gasteiger charge is -2.29. The van der Waals surface area contributed by atoms with Crippen molar-refractivity contribution < 1.29 is 9.53 Å². The Bertz CT molecular complexity index is 408. The van der Waals surface area contributed by atoms with E-state index in [-0.39, 0.29) is 11.9 Å². The van der Waals surface area contributed by atoms with Gasteiger partial charge in [-0.25, -0.2) is 0 Å². The second-order valence-electron chi connectivity index (χ2n) is 5.17. The highest BCUT2D eigenvalue weighted by molar-refractivity contribution is 5.98. The number of rotatable bonds is 6. The van der Waals surface area contributed by atoms with Crippen LogP contribution in [0.1, 0.15) is 56.4 Å². The molecule has 0 aliphatic heterocycles. The van der Waals surface area contributed by atoms with Crippen LogP contribution in [0.5, 0.6) is 0 Å². The maximum atomic E-state index is 12.7. The molecule has 1 fully saturated rings. The highest BCUT2D eigenvalue weighted by Gasteiger charge is 2.32. The van der Waals surface area contributed by atoms with Crippen molar-refractivity contribution in [2.75, 3.05) is 6.61 Å². The standard InChI is InChI=1S/C15H24N2O2/c1-3-17-13(10-11-16-17)14(18)15(19-4-2)12-8-6-5-7-9-12/h10-12,15H,3-9H2,1-2H3. The molecule has 0 radical (unpaired) electrons. The maximum Gasteiger partial charge on any atom is 0.209 e. The summed E-state index contributed by atoms with van der Waals surface area (Å²) in [6, 6.07) is 1.81. The first-order valence-corrected chi connectivity index (χ1v) is 7.45. The van der Waals surface area contributed by atoms with E-state index >= 15 is 0 Å². The molecule has 106 valence electrons. The number of nitrogens with zero attached hydrogens (tertiary/aromatic N) is 2.